The molecule has 2 aliphatic heterocycles. The zero-order valence-corrected chi connectivity index (χ0v) is 19.7. The zero-order chi connectivity index (χ0) is 23.4. The highest BCUT2D eigenvalue weighted by Gasteiger charge is 2.40. The Labute approximate surface area is 190 Å². The third-order valence-electron chi connectivity index (χ3n) is 6.68. The number of carbonyl (C=O) groups is 2. The van der Waals surface area contributed by atoms with Crippen molar-refractivity contribution in [1.82, 2.24) is 10.2 Å². The lowest BCUT2D eigenvalue weighted by atomic mass is 9.74. The second-order valence-corrected chi connectivity index (χ2v) is 9.35. The monoisotopic (exact) mass is 448 g/mol. The van der Waals surface area contributed by atoms with Crippen molar-refractivity contribution < 1.29 is 28.9 Å². The van der Waals surface area contributed by atoms with Crippen molar-refractivity contribution in [1.29, 1.82) is 0 Å². The normalized spacial score (nSPS) is 23.6. The molecule has 3 unspecified atom stereocenters. The number of carboxylic acids is 1. The third kappa shape index (κ3) is 5.46. The molecule has 8 nitrogen and oxygen atoms in total. The van der Waals surface area contributed by atoms with Gasteiger partial charge in [0.2, 0.25) is 0 Å². The molecule has 2 heterocycles. The lowest BCUT2D eigenvalue weighted by Crippen LogP contribution is -2.48. The number of nitrogens with zero attached hydrogens (tertiary/aromatic N) is 1. The minimum absolute atomic E-state index is 0.198. The fraction of sp³-hybridized carbons (Fsp3) is 0.667. The van der Waals surface area contributed by atoms with Crippen LogP contribution in [0.2, 0.25) is 0 Å². The van der Waals surface area contributed by atoms with E-state index in [1.54, 1.807) is 14.2 Å². The first-order valence-corrected chi connectivity index (χ1v) is 11.4. The summed E-state index contributed by atoms with van der Waals surface area (Å²) in [5, 5.41) is 11.4. The van der Waals surface area contributed by atoms with E-state index in [9.17, 15) is 9.59 Å². The van der Waals surface area contributed by atoms with Crippen molar-refractivity contribution in [3.8, 4) is 11.5 Å². The van der Waals surface area contributed by atoms with Crippen molar-refractivity contribution >= 4 is 12.1 Å². The van der Waals surface area contributed by atoms with Crippen LogP contribution in [-0.4, -0.2) is 62.0 Å². The van der Waals surface area contributed by atoms with E-state index in [4.69, 9.17) is 19.3 Å². The number of hydrogen-bond donors (Lipinski definition) is 2. The highest BCUT2D eigenvalue weighted by molar-refractivity contribution is 5.79. The maximum Gasteiger partial charge on any atom is 0.407 e. The van der Waals surface area contributed by atoms with E-state index in [2.05, 4.69) is 36.2 Å². The minimum Gasteiger partial charge on any atom is -0.493 e. The van der Waals surface area contributed by atoms with Gasteiger partial charge in [0.15, 0.2) is 11.5 Å². The van der Waals surface area contributed by atoms with Crippen LogP contribution in [0.1, 0.15) is 50.8 Å². The van der Waals surface area contributed by atoms with Gasteiger partial charge in [0.25, 0.3) is 0 Å². The molecule has 8 heteroatoms. The molecular weight excluding hydrogens is 412 g/mol. The minimum atomic E-state index is -1.09. The van der Waals surface area contributed by atoms with Crippen LogP contribution in [0.5, 0.6) is 11.5 Å². The number of carboxylic acid groups (broad SMARTS) is 1. The van der Waals surface area contributed by atoms with E-state index in [1.807, 2.05) is 0 Å². The van der Waals surface area contributed by atoms with Crippen LogP contribution in [0.25, 0.3) is 0 Å². The maximum atomic E-state index is 12.1. The number of benzene rings is 1. The van der Waals surface area contributed by atoms with Crippen molar-refractivity contribution in [2.75, 3.05) is 33.9 Å². The molecule has 1 aromatic carbocycles. The molecule has 1 amide bonds. The Morgan fingerprint density at radius 1 is 1.16 bits per heavy atom. The molecule has 0 saturated carbocycles. The molecule has 4 atom stereocenters. The Morgan fingerprint density at radius 3 is 2.47 bits per heavy atom. The van der Waals surface area contributed by atoms with E-state index in [0.717, 1.165) is 43.9 Å². The molecular formula is C24H36N2O6. The number of piperidine rings is 1. The summed E-state index contributed by atoms with van der Waals surface area (Å²) in [6.07, 6.45) is 2.23. The summed E-state index contributed by atoms with van der Waals surface area (Å²) >= 11 is 0. The zero-order valence-electron chi connectivity index (χ0n) is 19.7. The van der Waals surface area contributed by atoms with Gasteiger partial charge in [-0.25, -0.2) is 4.79 Å². The maximum absolute atomic E-state index is 12.1. The Kier molecular flexibility index (Phi) is 7.87. The Morgan fingerprint density at radius 2 is 1.84 bits per heavy atom. The first kappa shape index (κ1) is 24.2. The van der Waals surface area contributed by atoms with Crippen LogP contribution in [-0.2, 0) is 16.0 Å². The molecule has 1 saturated heterocycles. The van der Waals surface area contributed by atoms with Gasteiger partial charge in [-0.3, -0.25) is 9.69 Å². The number of carbonyl (C=O) groups excluding carboxylic acids is 1. The summed E-state index contributed by atoms with van der Waals surface area (Å²) in [7, 11) is 3.30. The van der Waals surface area contributed by atoms with Gasteiger partial charge in [-0.15, -0.1) is 0 Å². The highest BCUT2D eigenvalue weighted by atomic mass is 16.5. The van der Waals surface area contributed by atoms with E-state index in [1.165, 1.54) is 18.1 Å². The molecule has 0 aromatic heterocycles. The first-order valence-electron chi connectivity index (χ1n) is 11.4. The van der Waals surface area contributed by atoms with Crippen LogP contribution in [0.15, 0.2) is 12.1 Å². The second kappa shape index (κ2) is 10.4. The lowest BCUT2D eigenvalue weighted by molar-refractivity contribution is -0.138. The van der Waals surface area contributed by atoms with Gasteiger partial charge in [0, 0.05) is 19.1 Å². The smallest absolute Gasteiger partial charge is 0.407 e. The summed E-state index contributed by atoms with van der Waals surface area (Å²) in [6, 6.07) is 3.42. The third-order valence-corrected chi connectivity index (χ3v) is 6.68. The SMILES string of the molecule is COc1cc2c(cc1OC)C1CC(COC(=O)N[C@H](C)C(=O)O)C(CC(C)C)CN1CC2. The van der Waals surface area contributed by atoms with E-state index in [0.29, 0.717) is 11.8 Å². The van der Waals surface area contributed by atoms with Gasteiger partial charge in [0.1, 0.15) is 6.04 Å². The van der Waals surface area contributed by atoms with Crippen LogP contribution in [0.3, 0.4) is 0 Å². The second-order valence-electron chi connectivity index (χ2n) is 9.35. The molecule has 1 fully saturated rings. The molecule has 1 aromatic rings. The number of nitrogens with one attached hydrogen (secondary N) is 1. The van der Waals surface area contributed by atoms with Crippen LogP contribution < -0.4 is 14.8 Å². The molecule has 178 valence electrons. The van der Waals surface area contributed by atoms with Gasteiger partial charge < -0.3 is 24.6 Å². The van der Waals surface area contributed by atoms with Crippen molar-refractivity contribution in [3.05, 3.63) is 23.3 Å². The molecule has 32 heavy (non-hydrogen) atoms. The molecule has 0 spiro atoms. The number of alkyl carbamates (subject to hydrolysis) is 1. The predicted octanol–water partition coefficient (Wildman–Crippen LogP) is 3.48. The van der Waals surface area contributed by atoms with Crippen molar-refractivity contribution in [2.45, 2.75) is 52.1 Å². The topological polar surface area (TPSA) is 97.3 Å². The standard InChI is InChI=1S/C24H36N2O6/c1-14(2)8-17-12-26-7-6-16-10-21(30-4)22(31-5)11-19(16)20(26)9-18(17)13-32-24(29)25-15(3)23(27)28/h10-11,14-15,17-18,20H,6-9,12-13H2,1-5H3,(H,25,29)(H,27,28)/t15-,17?,18?,20?/m1/s1. The Bertz CT molecular complexity index is 827. The van der Waals surface area contributed by atoms with Gasteiger partial charge >= 0.3 is 12.1 Å². The van der Waals surface area contributed by atoms with Gasteiger partial charge in [-0.05, 0) is 67.2 Å². The number of hydrogen-bond acceptors (Lipinski definition) is 6. The molecule has 0 radical (unpaired) electrons. The summed E-state index contributed by atoms with van der Waals surface area (Å²) in [4.78, 5) is 25.7. The average Bonchev–Trinajstić information content (AvgIpc) is 2.75. The molecule has 0 bridgehead atoms. The van der Waals surface area contributed by atoms with Crippen LogP contribution in [0, 0.1) is 17.8 Å². The molecule has 2 N–H and O–H groups in total. The fourth-order valence-electron chi connectivity index (χ4n) is 5.04. The van der Waals surface area contributed by atoms with Crippen molar-refractivity contribution in [2.24, 2.45) is 17.8 Å². The van der Waals surface area contributed by atoms with E-state index < -0.39 is 18.1 Å². The number of methoxy groups -OCH3 is 2. The number of fused-ring (bicyclic) bond motifs is 3. The van der Waals surface area contributed by atoms with E-state index in [-0.39, 0.29) is 18.6 Å². The largest absolute Gasteiger partial charge is 0.493 e. The van der Waals surface area contributed by atoms with Crippen LogP contribution in [0.4, 0.5) is 4.79 Å². The quantitative estimate of drug-likeness (QED) is 0.628. The summed E-state index contributed by atoms with van der Waals surface area (Å²) < 4.78 is 16.5. The summed E-state index contributed by atoms with van der Waals surface area (Å²) in [5.74, 6) is 1.54. The number of aliphatic carboxylic acids is 1. The number of amides is 1. The average molecular weight is 449 g/mol. The number of rotatable bonds is 8. The lowest BCUT2D eigenvalue weighted by Gasteiger charge is -2.47. The molecule has 0 aliphatic carbocycles. The summed E-state index contributed by atoms with van der Waals surface area (Å²) in [5.41, 5.74) is 2.53. The molecule has 3 rings (SSSR count). The Balaban J connectivity index is 1.78. The predicted molar refractivity (Wildman–Crippen MR) is 120 cm³/mol. The number of ether oxygens (including phenoxy) is 3. The van der Waals surface area contributed by atoms with Gasteiger partial charge in [-0.1, -0.05) is 13.8 Å². The van der Waals surface area contributed by atoms with Crippen LogP contribution >= 0.6 is 0 Å². The van der Waals surface area contributed by atoms with Gasteiger partial charge in [-0.2, -0.15) is 0 Å². The first-order chi connectivity index (χ1) is 15.2. The fourth-order valence-corrected chi connectivity index (χ4v) is 5.04. The van der Waals surface area contributed by atoms with Crippen molar-refractivity contribution in [3.63, 3.8) is 0 Å². The molecule has 2 aliphatic rings. The Hall–Kier alpha value is -2.48. The highest BCUT2D eigenvalue weighted by Crippen LogP contribution is 2.45. The van der Waals surface area contributed by atoms with Gasteiger partial charge in [0.05, 0.1) is 20.8 Å². The van der Waals surface area contributed by atoms with E-state index >= 15 is 0 Å². The summed E-state index contributed by atoms with van der Waals surface area (Å²) in [6.45, 7) is 8.08.